The van der Waals surface area contributed by atoms with Gasteiger partial charge >= 0.3 is 0 Å². The number of para-hydroxylation sites is 2. The molecule has 48 heavy (non-hydrogen) atoms. The maximum absolute atomic E-state index is 2.46. The van der Waals surface area contributed by atoms with Crippen molar-refractivity contribution in [3.8, 4) is 22.3 Å². The van der Waals surface area contributed by atoms with Crippen LogP contribution in [0.25, 0.3) is 33.0 Å². The first-order valence-corrected chi connectivity index (χ1v) is 16.6. The van der Waals surface area contributed by atoms with Crippen molar-refractivity contribution in [1.82, 2.24) is 0 Å². The van der Waals surface area contributed by atoms with Crippen LogP contribution in [0.2, 0.25) is 0 Å². The van der Waals surface area contributed by atoms with Crippen LogP contribution in [0.15, 0.2) is 200 Å². The van der Waals surface area contributed by atoms with Gasteiger partial charge in [0.25, 0.3) is 0 Å². The fourth-order valence-corrected chi connectivity index (χ4v) is 7.95. The van der Waals surface area contributed by atoms with Gasteiger partial charge in [-0.3, -0.25) is 0 Å². The molecule has 1 nitrogen and oxygen atoms in total. The Kier molecular flexibility index (Phi) is 6.76. The standard InChI is InChI=1S/C47H33N/c1-6-18-34(19-7-1)42-33-44-43-32-39(48(37-24-12-4-13-25-37)38-26-14-5-15-27-38)30-31-45(43)47(35-20-8-2-9-21-35,36-22-10-3-11-23-36)46(44)41-29-17-16-28-40(41)42/h1-33H. The van der Waals surface area contributed by atoms with Gasteiger partial charge in [0.2, 0.25) is 0 Å². The minimum Gasteiger partial charge on any atom is -0.310 e. The molecule has 0 radical (unpaired) electrons. The van der Waals surface area contributed by atoms with E-state index in [2.05, 4.69) is 205 Å². The Bertz CT molecular complexity index is 2290. The van der Waals surface area contributed by atoms with Crippen LogP contribution in [-0.2, 0) is 5.41 Å². The topological polar surface area (TPSA) is 3.24 Å². The molecule has 8 aromatic rings. The van der Waals surface area contributed by atoms with E-state index in [9.17, 15) is 0 Å². The predicted molar refractivity (Wildman–Crippen MR) is 201 cm³/mol. The molecule has 0 fully saturated rings. The van der Waals surface area contributed by atoms with Crippen molar-refractivity contribution in [2.45, 2.75) is 5.41 Å². The van der Waals surface area contributed by atoms with E-state index in [0.717, 1.165) is 17.1 Å². The van der Waals surface area contributed by atoms with Gasteiger partial charge < -0.3 is 4.90 Å². The van der Waals surface area contributed by atoms with Crippen LogP contribution in [0.3, 0.4) is 0 Å². The number of hydrogen-bond donors (Lipinski definition) is 0. The maximum atomic E-state index is 2.46. The van der Waals surface area contributed by atoms with E-state index in [1.165, 1.54) is 55.3 Å². The monoisotopic (exact) mass is 611 g/mol. The fourth-order valence-electron chi connectivity index (χ4n) is 7.95. The maximum Gasteiger partial charge on any atom is 0.0719 e. The summed E-state index contributed by atoms with van der Waals surface area (Å²) in [6, 6.07) is 72.9. The molecule has 1 heteroatoms. The number of rotatable bonds is 6. The smallest absolute Gasteiger partial charge is 0.0719 e. The zero-order valence-electron chi connectivity index (χ0n) is 26.5. The van der Waals surface area contributed by atoms with Crippen molar-refractivity contribution in [1.29, 1.82) is 0 Å². The highest BCUT2D eigenvalue weighted by atomic mass is 15.1. The van der Waals surface area contributed by atoms with Crippen molar-refractivity contribution in [2.75, 3.05) is 4.90 Å². The fraction of sp³-hybridized carbons (Fsp3) is 0.0213. The Balaban J connectivity index is 1.42. The Morgan fingerprint density at radius 1 is 0.333 bits per heavy atom. The van der Waals surface area contributed by atoms with E-state index < -0.39 is 5.41 Å². The second kappa shape index (κ2) is 11.6. The first-order chi connectivity index (χ1) is 23.8. The number of hydrogen-bond acceptors (Lipinski definition) is 1. The van der Waals surface area contributed by atoms with Gasteiger partial charge in [-0.2, -0.15) is 0 Å². The Morgan fingerprint density at radius 2 is 0.812 bits per heavy atom. The van der Waals surface area contributed by atoms with Crippen LogP contribution in [-0.4, -0.2) is 0 Å². The molecule has 8 aromatic carbocycles. The van der Waals surface area contributed by atoms with E-state index in [1.807, 2.05) is 0 Å². The molecule has 1 aliphatic carbocycles. The van der Waals surface area contributed by atoms with Crippen molar-refractivity contribution in [2.24, 2.45) is 0 Å². The van der Waals surface area contributed by atoms with Gasteiger partial charge in [-0.1, -0.05) is 158 Å². The average molecular weight is 612 g/mol. The highest BCUT2D eigenvalue weighted by Gasteiger charge is 2.47. The summed E-state index contributed by atoms with van der Waals surface area (Å²) in [5, 5.41) is 2.55. The van der Waals surface area contributed by atoms with Crippen LogP contribution in [0, 0.1) is 0 Å². The van der Waals surface area contributed by atoms with Crippen LogP contribution >= 0.6 is 0 Å². The zero-order chi connectivity index (χ0) is 31.9. The molecule has 226 valence electrons. The summed E-state index contributed by atoms with van der Waals surface area (Å²) in [5.74, 6) is 0. The summed E-state index contributed by atoms with van der Waals surface area (Å²) in [7, 11) is 0. The molecule has 0 N–H and O–H groups in total. The third kappa shape index (κ3) is 4.32. The Hall–Kier alpha value is -6.18. The minimum atomic E-state index is -0.509. The number of nitrogens with zero attached hydrogens (tertiary/aromatic N) is 1. The first-order valence-electron chi connectivity index (χ1n) is 16.6. The van der Waals surface area contributed by atoms with Gasteiger partial charge in [0.1, 0.15) is 0 Å². The van der Waals surface area contributed by atoms with Crippen LogP contribution in [0.5, 0.6) is 0 Å². The van der Waals surface area contributed by atoms with E-state index in [4.69, 9.17) is 0 Å². The second-order valence-corrected chi connectivity index (χ2v) is 12.5. The van der Waals surface area contributed by atoms with E-state index in [1.54, 1.807) is 0 Å². The summed E-state index contributed by atoms with van der Waals surface area (Å²) in [6.45, 7) is 0. The summed E-state index contributed by atoms with van der Waals surface area (Å²) >= 11 is 0. The molecule has 0 heterocycles. The van der Waals surface area contributed by atoms with Crippen molar-refractivity contribution >= 4 is 27.8 Å². The largest absolute Gasteiger partial charge is 0.310 e. The van der Waals surface area contributed by atoms with Crippen LogP contribution in [0.1, 0.15) is 22.3 Å². The summed E-state index contributed by atoms with van der Waals surface area (Å²) in [4.78, 5) is 2.37. The highest BCUT2D eigenvalue weighted by molar-refractivity contribution is 6.07. The molecule has 0 spiro atoms. The number of fused-ring (bicyclic) bond motifs is 5. The third-order valence-corrected chi connectivity index (χ3v) is 9.90. The minimum absolute atomic E-state index is 0.509. The lowest BCUT2D eigenvalue weighted by atomic mass is 9.66. The Morgan fingerprint density at radius 3 is 1.38 bits per heavy atom. The summed E-state index contributed by atoms with van der Waals surface area (Å²) in [6.07, 6.45) is 0. The van der Waals surface area contributed by atoms with Gasteiger partial charge in [0.05, 0.1) is 5.41 Å². The third-order valence-electron chi connectivity index (χ3n) is 9.90. The summed E-state index contributed by atoms with van der Waals surface area (Å²) < 4.78 is 0. The van der Waals surface area contributed by atoms with Crippen molar-refractivity contribution in [3.05, 3.63) is 222 Å². The van der Waals surface area contributed by atoms with E-state index >= 15 is 0 Å². The Labute approximate surface area is 282 Å². The SMILES string of the molecule is c1ccc(-c2cc3c(c4ccccc24)C(c2ccccc2)(c2ccccc2)c2ccc(N(c4ccccc4)c4ccccc4)cc2-3)cc1. The zero-order valence-corrected chi connectivity index (χ0v) is 26.5. The lowest BCUT2D eigenvalue weighted by Gasteiger charge is -2.35. The van der Waals surface area contributed by atoms with Gasteiger partial charge in [-0.25, -0.2) is 0 Å². The second-order valence-electron chi connectivity index (χ2n) is 12.5. The lowest BCUT2D eigenvalue weighted by molar-refractivity contribution is 0.775. The van der Waals surface area contributed by atoms with Gasteiger partial charge in [-0.05, 0) is 97.7 Å². The molecule has 1 aliphatic rings. The highest BCUT2D eigenvalue weighted by Crippen LogP contribution is 2.60. The van der Waals surface area contributed by atoms with E-state index in [0.29, 0.717) is 0 Å². The van der Waals surface area contributed by atoms with E-state index in [-0.39, 0.29) is 0 Å². The summed E-state index contributed by atoms with van der Waals surface area (Å²) in [5.41, 5.74) is 13.1. The molecule has 0 amide bonds. The molecule has 0 saturated heterocycles. The molecular formula is C47H33N. The van der Waals surface area contributed by atoms with Crippen LogP contribution in [0.4, 0.5) is 17.1 Å². The molecule has 9 rings (SSSR count). The van der Waals surface area contributed by atoms with Gasteiger partial charge in [0.15, 0.2) is 0 Å². The van der Waals surface area contributed by atoms with Crippen molar-refractivity contribution in [3.63, 3.8) is 0 Å². The van der Waals surface area contributed by atoms with Gasteiger partial charge in [0, 0.05) is 17.1 Å². The molecule has 0 aliphatic heterocycles. The molecule has 0 unspecified atom stereocenters. The van der Waals surface area contributed by atoms with Gasteiger partial charge in [-0.15, -0.1) is 0 Å². The van der Waals surface area contributed by atoms with Crippen LogP contribution < -0.4 is 4.90 Å². The number of anilines is 3. The normalized spacial score (nSPS) is 12.8. The molecule has 0 saturated carbocycles. The van der Waals surface area contributed by atoms with Crippen molar-refractivity contribution < 1.29 is 0 Å². The molecule has 0 aromatic heterocycles. The number of benzene rings is 8. The molecular weight excluding hydrogens is 579 g/mol. The molecule has 0 bridgehead atoms. The lowest BCUT2D eigenvalue weighted by Crippen LogP contribution is -2.29. The first kappa shape index (κ1) is 28.1. The average Bonchev–Trinajstić information content (AvgIpc) is 3.47. The predicted octanol–water partition coefficient (Wildman–Crippen LogP) is 12.3. The quantitative estimate of drug-likeness (QED) is 0.181. The molecule has 0 atom stereocenters.